The van der Waals surface area contributed by atoms with Gasteiger partial charge in [0.1, 0.15) is 45.6 Å². The third kappa shape index (κ3) is 13.3. The van der Waals surface area contributed by atoms with Gasteiger partial charge in [-0.05, 0) is 121 Å². The molecule has 0 saturated carbocycles. The van der Waals surface area contributed by atoms with Crippen molar-refractivity contribution in [2.75, 3.05) is 41.7 Å². The Morgan fingerprint density at radius 1 is 0.391 bits per heavy atom. The Morgan fingerprint density at radius 3 is 1.16 bits per heavy atom. The topological polar surface area (TPSA) is 161 Å². The molecule has 69 heavy (non-hydrogen) atoms. The summed E-state index contributed by atoms with van der Waals surface area (Å²) in [6.07, 6.45) is 1.69. The summed E-state index contributed by atoms with van der Waals surface area (Å²) in [6.45, 7) is 11.2. The molecule has 0 N–H and O–H groups in total. The van der Waals surface area contributed by atoms with Crippen LogP contribution in [-0.4, -0.2) is 65.5 Å². The van der Waals surface area contributed by atoms with E-state index in [1.807, 2.05) is 19.1 Å². The lowest BCUT2D eigenvalue weighted by molar-refractivity contribution is 0.0717. The summed E-state index contributed by atoms with van der Waals surface area (Å²) >= 11 is 0. The van der Waals surface area contributed by atoms with Gasteiger partial charge in [-0.1, -0.05) is 45.9 Å². The average Bonchev–Trinajstić information content (AvgIpc) is 3.34. The maximum Gasteiger partial charge on any atom is 0.347 e. The van der Waals surface area contributed by atoms with Gasteiger partial charge in [-0.25, -0.2) is 19.2 Å². The van der Waals surface area contributed by atoms with Crippen molar-refractivity contribution in [2.45, 2.75) is 47.5 Å². The maximum atomic E-state index is 13.2. The number of hydrogen-bond donors (Lipinski definition) is 0. The predicted molar refractivity (Wildman–Crippen MR) is 258 cm³/mol. The lowest BCUT2D eigenvalue weighted by atomic mass is 10.0. The molecule has 6 rings (SSSR count). The zero-order valence-corrected chi connectivity index (χ0v) is 40.2. The van der Waals surface area contributed by atoms with E-state index < -0.39 is 23.9 Å². The van der Waals surface area contributed by atoms with E-state index in [0.717, 1.165) is 24.0 Å². The summed E-state index contributed by atoms with van der Waals surface area (Å²) in [5, 5.41) is 0. The van der Waals surface area contributed by atoms with Gasteiger partial charge in [-0.3, -0.25) is 0 Å². The van der Waals surface area contributed by atoms with Crippen LogP contribution in [0.5, 0.6) is 57.5 Å². The van der Waals surface area contributed by atoms with Gasteiger partial charge >= 0.3 is 23.9 Å². The highest BCUT2D eigenvalue weighted by molar-refractivity contribution is 5.96. The number of benzene rings is 6. The molecule has 14 nitrogen and oxygen atoms in total. The van der Waals surface area contributed by atoms with Crippen molar-refractivity contribution in [1.29, 1.82) is 0 Å². The van der Waals surface area contributed by atoms with Crippen LogP contribution >= 0.6 is 0 Å². The van der Waals surface area contributed by atoms with E-state index >= 15 is 0 Å². The van der Waals surface area contributed by atoms with Crippen LogP contribution in [0.1, 0.15) is 87.5 Å². The molecule has 0 aliphatic carbocycles. The van der Waals surface area contributed by atoms with Crippen LogP contribution in [0.3, 0.4) is 0 Å². The first-order valence-corrected chi connectivity index (χ1v) is 22.3. The van der Waals surface area contributed by atoms with Gasteiger partial charge in [0.2, 0.25) is 0 Å². The van der Waals surface area contributed by atoms with Crippen molar-refractivity contribution in [1.82, 2.24) is 0 Å². The fourth-order valence-corrected chi connectivity index (χ4v) is 6.72. The Morgan fingerprint density at radius 2 is 0.768 bits per heavy atom. The van der Waals surface area contributed by atoms with Crippen molar-refractivity contribution >= 4 is 23.9 Å². The highest BCUT2D eigenvalue weighted by Crippen LogP contribution is 2.38. The Labute approximate surface area is 401 Å². The van der Waals surface area contributed by atoms with Gasteiger partial charge in [-0.15, -0.1) is 0 Å². The molecule has 0 aliphatic rings. The largest absolute Gasteiger partial charge is 0.496 e. The summed E-state index contributed by atoms with van der Waals surface area (Å²) in [7, 11) is 5.86. The van der Waals surface area contributed by atoms with Crippen LogP contribution in [0, 0.1) is 18.8 Å². The van der Waals surface area contributed by atoms with E-state index in [4.69, 9.17) is 47.4 Å². The van der Waals surface area contributed by atoms with Crippen LogP contribution in [0.15, 0.2) is 115 Å². The molecule has 0 heterocycles. The molecule has 0 aliphatic heterocycles. The molecule has 0 fully saturated rings. The fourth-order valence-electron chi connectivity index (χ4n) is 6.72. The summed E-state index contributed by atoms with van der Waals surface area (Å²) < 4.78 is 56.1. The lowest BCUT2D eigenvalue weighted by Gasteiger charge is -2.15. The van der Waals surface area contributed by atoms with Crippen molar-refractivity contribution in [3.05, 3.63) is 143 Å². The number of aryl methyl sites for hydroxylation is 1. The Balaban J connectivity index is 1.01. The smallest absolute Gasteiger partial charge is 0.347 e. The Hall–Kier alpha value is -8.00. The average molecular weight is 941 g/mol. The molecule has 0 unspecified atom stereocenters. The minimum atomic E-state index is -0.685. The minimum Gasteiger partial charge on any atom is -0.496 e. The molecule has 360 valence electrons. The number of carbonyl (C=O) groups is 4. The molecule has 0 saturated heterocycles. The first-order chi connectivity index (χ1) is 33.2. The van der Waals surface area contributed by atoms with Crippen LogP contribution in [0.4, 0.5) is 0 Å². The van der Waals surface area contributed by atoms with Crippen molar-refractivity contribution in [2.24, 2.45) is 11.8 Å². The van der Waals surface area contributed by atoms with Crippen LogP contribution < -0.4 is 47.4 Å². The van der Waals surface area contributed by atoms with Crippen LogP contribution in [0.2, 0.25) is 0 Å². The van der Waals surface area contributed by atoms with E-state index in [1.54, 1.807) is 42.5 Å². The number of rotatable bonds is 21. The van der Waals surface area contributed by atoms with Gasteiger partial charge in [0.15, 0.2) is 23.0 Å². The molecule has 0 spiro atoms. The van der Waals surface area contributed by atoms with Gasteiger partial charge in [0.05, 0.1) is 52.8 Å². The fraction of sp³-hybridized carbons (Fsp3) is 0.273. The van der Waals surface area contributed by atoms with Gasteiger partial charge < -0.3 is 47.4 Å². The third-order valence-corrected chi connectivity index (χ3v) is 10.7. The highest BCUT2D eigenvalue weighted by Gasteiger charge is 2.23. The van der Waals surface area contributed by atoms with Crippen LogP contribution in [-0.2, 0) is 0 Å². The number of carbonyl (C=O) groups excluding carboxylic acids is 4. The molecule has 0 bridgehead atoms. The van der Waals surface area contributed by atoms with Gasteiger partial charge in [0, 0.05) is 24.3 Å². The Bertz CT molecular complexity index is 2740. The quantitative estimate of drug-likeness (QED) is 0.0495. The SMILES string of the molecule is COc1cc(C(=O)Oc2ccc(C(=O)Oc3ccc(-c4ccc(OC(=O)c5ccc(OC(=O)c6cc(OC)c(OCCC(C)C)cc6OC)cc5)c(C)c4)cc3)cc2)c(OC)cc1OCCC(C)C. The highest BCUT2D eigenvalue weighted by atomic mass is 16.6. The normalized spacial score (nSPS) is 10.8. The number of ether oxygens (including phenoxy) is 10. The molecule has 0 amide bonds. The lowest BCUT2D eigenvalue weighted by Crippen LogP contribution is -2.12. The standard InChI is InChI=1S/C55H56O14/c1-33(2)24-26-64-50-31-46(60-6)43(29-48(50)62-8)54(58)67-41-19-12-37(13-20-41)52(56)66-40-17-10-36(11-18-40)39-16-23-45(35(5)28-39)69-53(57)38-14-21-42(22-15-38)68-55(59)44-30-49(63-9)51(32-47(44)61-7)65-27-25-34(3)4/h10-23,28-34H,24-27H2,1-9H3. The number of hydrogen-bond acceptors (Lipinski definition) is 14. The summed E-state index contributed by atoms with van der Waals surface area (Å²) in [5.74, 6) is 1.56. The zero-order valence-electron chi connectivity index (χ0n) is 40.2. The number of methoxy groups -OCH3 is 4. The van der Waals surface area contributed by atoms with E-state index in [0.29, 0.717) is 65.1 Å². The van der Waals surface area contributed by atoms with Crippen molar-refractivity contribution < 1.29 is 66.5 Å². The summed E-state index contributed by atoms with van der Waals surface area (Å²) in [5.41, 5.74) is 3.13. The molecule has 6 aromatic carbocycles. The molecule has 14 heteroatoms. The van der Waals surface area contributed by atoms with E-state index in [1.165, 1.54) is 89.1 Å². The van der Waals surface area contributed by atoms with Crippen molar-refractivity contribution in [3.8, 4) is 68.6 Å². The minimum absolute atomic E-state index is 0.139. The summed E-state index contributed by atoms with van der Waals surface area (Å²) in [6, 6.07) is 30.5. The first-order valence-electron chi connectivity index (χ1n) is 22.3. The molecule has 6 aromatic rings. The monoisotopic (exact) mass is 940 g/mol. The zero-order chi connectivity index (χ0) is 49.6. The third-order valence-electron chi connectivity index (χ3n) is 10.7. The molecule has 0 radical (unpaired) electrons. The number of esters is 4. The molecule has 0 atom stereocenters. The maximum absolute atomic E-state index is 13.2. The summed E-state index contributed by atoms with van der Waals surface area (Å²) in [4.78, 5) is 52.6. The van der Waals surface area contributed by atoms with E-state index in [9.17, 15) is 19.2 Å². The van der Waals surface area contributed by atoms with Crippen LogP contribution in [0.25, 0.3) is 11.1 Å². The van der Waals surface area contributed by atoms with Gasteiger partial charge in [0.25, 0.3) is 0 Å². The molecular weight excluding hydrogens is 885 g/mol. The molecule has 0 aromatic heterocycles. The molecular formula is C55H56O14. The van der Waals surface area contributed by atoms with E-state index in [-0.39, 0.29) is 45.3 Å². The first kappa shape index (κ1) is 50.4. The van der Waals surface area contributed by atoms with E-state index in [2.05, 4.69) is 27.7 Å². The Kier molecular flexibility index (Phi) is 17.3. The van der Waals surface area contributed by atoms with Crippen molar-refractivity contribution in [3.63, 3.8) is 0 Å². The second kappa shape index (κ2) is 23.6. The predicted octanol–water partition coefficient (Wildman–Crippen LogP) is 11.4. The second-order valence-corrected chi connectivity index (χ2v) is 16.6. The van der Waals surface area contributed by atoms with Gasteiger partial charge in [-0.2, -0.15) is 0 Å². The second-order valence-electron chi connectivity index (χ2n) is 16.6.